The number of aliphatic carboxylic acids is 1. The van der Waals surface area contributed by atoms with Crippen LogP contribution in [-0.4, -0.2) is 49.8 Å². The third-order valence-electron chi connectivity index (χ3n) is 2.00. The van der Waals surface area contributed by atoms with Crippen LogP contribution in [0.2, 0.25) is 0 Å². The van der Waals surface area contributed by atoms with Gasteiger partial charge >= 0.3 is 5.97 Å². The van der Waals surface area contributed by atoms with Gasteiger partial charge in [-0.1, -0.05) is 5.10 Å². The number of β-lactam (4-membered cyclic amide) rings is 1. The van der Waals surface area contributed by atoms with E-state index in [1.54, 1.807) is 0 Å². The topological polar surface area (TPSA) is 127 Å². The van der Waals surface area contributed by atoms with Crippen molar-refractivity contribution in [1.29, 1.82) is 0 Å². The molecule has 0 aromatic carbocycles. The second-order valence-corrected chi connectivity index (χ2v) is 3.09. The molecule has 1 atom stereocenters. The third kappa shape index (κ3) is 1.52. The summed E-state index contributed by atoms with van der Waals surface area (Å²) in [7, 11) is 0. The fourth-order valence-corrected chi connectivity index (χ4v) is 1.26. The summed E-state index contributed by atoms with van der Waals surface area (Å²) in [5.74, 6) is -1.28. The number of tetrazole rings is 1. The minimum atomic E-state index is -1.08. The molecule has 0 spiro atoms. The van der Waals surface area contributed by atoms with Crippen LogP contribution in [0.5, 0.6) is 0 Å². The molecule has 0 radical (unpaired) electrons. The van der Waals surface area contributed by atoms with Gasteiger partial charge in [0.2, 0.25) is 5.91 Å². The maximum Gasteiger partial charge on any atom is 0.325 e. The minimum absolute atomic E-state index is 0.115. The highest BCUT2D eigenvalue weighted by Gasteiger charge is 2.38. The molecule has 1 aliphatic heterocycles. The molecule has 1 aromatic heterocycles. The van der Waals surface area contributed by atoms with Gasteiger partial charge in [0, 0.05) is 0 Å². The average Bonchev–Trinajstić information content (AvgIpc) is 2.60. The Balaban J connectivity index is 2.18. The second-order valence-electron chi connectivity index (χ2n) is 3.09. The van der Waals surface area contributed by atoms with E-state index in [0.29, 0.717) is 6.54 Å². The predicted molar refractivity (Wildman–Crippen MR) is 45.8 cm³/mol. The zero-order chi connectivity index (χ0) is 11.0. The Morgan fingerprint density at radius 1 is 1.67 bits per heavy atom. The summed E-state index contributed by atoms with van der Waals surface area (Å²) in [5, 5.41) is 18.9. The number of nitrogens with two attached hydrogens (primary N) is 1. The number of hydrogen-bond acceptors (Lipinski definition) is 6. The molecule has 2 heterocycles. The molecule has 0 unspecified atom stereocenters. The van der Waals surface area contributed by atoms with Crippen molar-refractivity contribution >= 4 is 17.8 Å². The Morgan fingerprint density at radius 2 is 2.40 bits per heavy atom. The number of carboxylic acid groups (broad SMARTS) is 1. The van der Waals surface area contributed by atoms with Crippen LogP contribution in [0.15, 0.2) is 0 Å². The fraction of sp³-hybridized carbons (Fsp3) is 0.500. The van der Waals surface area contributed by atoms with Gasteiger partial charge in [0.05, 0.1) is 6.54 Å². The molecule has 0 bridgehead atoms. The summed E-state index contributed by atoms with van der Waals surface area (Å²) in [4.78, 5) is 22.9. The van der Waals surface area contributed by atoms with Crippen LogP contribution in [0.25, 0.3) is 0 Å². The highest BCUT2D eigenvalue weighted by Crippen LogP contribution is 2.16. The SMILES string of the molecule is N[C@H]1CN(c2nnnn2CC(=O)O)C1=O. The van der Waals surface area contributed by atoms with Crippen LogP contribution in [0, 0.1) is 0 Å². The van der Waals surface area contributed by atoms with Crippen LogP contribution in [0.4, 0.5) is 5.95 Å². The number of carboxylic acids is 1. The highest BCUT2D eigenvalue weighted by atomic mass is 16.4. The largest absolute Gasteiger partial charge is 0.480 e. The highest BCUT2D eigenvalue weighted by molar-refractivity contribution is 6.02. The van der Waals surface area contributed by atoms with E-state index in [-0.39, 0.29) is 18.4 Å². The monoisotopic (exact) mass is 212 g/mol. The van der Waals surface area contributed by atoms with Gasteiger partial charge < -0.3 is 10.8 Å². The minimum Gasteiger partial charge on any atom is -0.480 e. The van der Waals surface area contributed by atoms with E-state index in [1.165, 1.54) is 4.90 Å². The molecule has 80 valence electrons. The molecule has 2 rings (SSSR count). The fourth-order valence-electron chi connectivity index (χ4n) is 1.26. The summed E-state index contributed by atoms with van der Waals surface area (Å²) >= 11 is 0. The van der Waals surface area contributed by atoms with Crippen molar-refractivity contribution in [3.05, 3.63) is 0 Å². The van der Waals surface area contributed by atoms with Crippen molar-refractivity contribution in [2.24, 2.45) is 5.73 Å². The molecule has 1 aromatic rings. The molecular weight excluding hydrogens is 204 g/mol. The molecular formula is C6H8N6O3. The van der Waals surface area contributed by atoms with Gasteiger partial charge in [0.15, 0.2) is 0 Å². The van der Waals surface area contributed by atoms with E-state index in [2.05, 4.69) is 15.5 Å². The van der Waals surface area contributed by atoms with E-state index in [1.807, 2.05) is 0 Å². The van der Waals surface area contributed by atoms with Gasteiger partial charge in [-0.25, -0.2) is 0 Å². The van der Waals surface area contributed by atoms with E-state index in [0.717, 1.165) is 4.68 Å². The van der Waals surface area contributed by atoms with Crippen molar-refractivity contribution in [2.75, 3.05) is 11.4 Å². The summed E-state index contributed by atoms with van der Waals surface area (Å²) in [6.45, 7) is -0.0832. The van der Waals surface area contributed by atoms with Crippen molar-refractivity contribution in [2.45, 2.75) is 12.6 Å². The summed E-state index contributed by atoms with van der Waals surface area (Å²) in [5.41, 5.74) is 5.38. The van der Waals surface area contributed by atoms with E-state index >= 15 is 0 Å². The van der Waals surface area contributed by atoms with Crippen molar-refractivity contribution in [3.63, 3.8) is 0 Å². The number of carbonyl (C=O) groups is 2. The summed E-state index contributed by atoms with van der Waals surface area (Å²) < 4.78 is 1.03. The predicted octanol–water partition coefficient (Wildman–Crippen LogP) is -2.57. The van der Waals surface area contributed by atoms with Gasteiger partial charge in [0.25, 0.3) is 5.95 Å². The van der Waals surface area contributed by atoms with Crippen molar-refractivity contribution < 1.29 is 14.7 Å². The van der Waals surface area contributed by atoms with Gasteiger partial charge in [0.1, 0.15) is 12.6 Å². The first-order chi connectivity index (χ1) is 7.09. The zero-order valence-electron chi connectivity index (χ0n) is 7.57. The molecule has 1 saturated heterocycles. The van der Waals surface area contributed by atoms with Crippen LogP contribution in [0.3, 0.4) is 0 Å². The maximum atomic E-state index is 11.2. The first-order valence-electron chi connectivity index (χ1n) is 4.14. The van der Waals surface area contributed by atoms with E-state index in [9.17, 15) is 9.59 Å². The van der Waals surface area contributed by atoms with E-state index in [4.69, 9.17) is 10.8 Å². The Bertz CT molecular complexity index is 415. The number of carbonyl (C=O) groups excluding carboxylic acids is 1. The number of aromatic nitrogens is 4. The third-order valence-corrected chi connectivity index (χ3v) is 2.00. The normalized spacial score (nSPS) is 20.2. The molecule has 9 nitrogen and oxygen atoms in total. The Kier molecular flexibility index (Phi) is 2.08. The lowest BCUT2D eigenvalue weighted by molar-refractivity contribution is -0.138. The second kappa shape index (κ2) is 3.28. The number of rotatable bonds is 3. The summed E-state index contributed by atoms with van der Waals surface area (Å²) in [6, 6.07) is -0.542. The first kappa shape index (κ1) is 9.52. The van der Waals surface area contributed by atoms with Crippen LogP contribution in [-0.2, 0) is 16.1 Å². The van der Waals surface area contributed by atoms with Crippen LogP contribution >= 0.6 is 0 Å². The lowest BCUT2D eigenvalue weighted by atomic mass is 10.1. The number of anilines is 1. The molecule has 1 aliphatic rings. The van der Waals surface area contributed by atoms with Gasteiger partial charge in [-0.2, -0.15) is 4.68 Å². The smallest absolute Gasteiger partial charge is 0.325 e. The molecule has 1 amide bonds. The molecule has 15 heavy (non-hydrogen) atoms. The lowest BCUT2D eigenvalue weighted by Crippen LogP contribution is -2.62. The van der Waals surface area contributed by atoms with Gasteiger partial charge in [-0.15, -0.1) is 0 Å². The number of hydrogen-bond donors (Lipinski definition) is 2. The van der Waals surface area contributed by atoms with Crippen molar-refractivity contribution in [1.82, 2.24) is 20.2 Å². The van der Waals surface area contributed by atoms with Crippen LogP contribution < -0.4 is 10.6 Å². The average molecular weight is 212 g/mol. The quantitative estimate of drug-likeness (QED) is 0.527. The molecule has 1 fully saturated rings. The Hall–Kier alpha value is -2.03. The lowest BCUT2D eigenvalue weighted by Gasteiger charge is -2.33. The van der Waals surface area contributed by atoms with Crippen LogP contribution in [0.1, 0.15) is 0 Å². The maximum absolute atomic E-state index is 11.2. The number of nitrogens with zero attached hydrogens (tertiary/aromatic N) is 5. The van der Waals surface area contributed by atoms with E-state index < -0.39 is 12.0 Å². The van der Waals surface area contributed by atoms with Crippen molar-refractivity contribution in [3.8, 4) is 0 Å². The van der Waals surface area contributed by atoms with Gasteiger partial charge in [-0.3, -0.25) is 14.5 Å². The number of amides is 1. The standard InChI is InChI=1S/C6H8N6O3/c7-3-1-11(5(3)15)6-8-9-10-12(6)2-4(13)14/h3H,1-2,7H2,(H,13,14)/t3-/m0/s1. The Morgan fingerprint density at radius 3 is 2.93 bits per heavy atom. The molecule has 0 aliphatic carbocycles. The Labute approximate surface area is 83.5 Å². The first-order valence-corrected chi connectivity index (χ1v) is 4.14. The summed E-state index contributed by atoms with van der Waals surface area (Å²) in [6.07, 6.45) is 0. The molecule has 0 saturated carbocycles. The molecule has 3 N–H and O–H groups in total. The van der Waals surface area contributed by atoms with Gasteiger partial charge in [-0.05, 0) is 10.4 Å². The zero-order valence-corrected chi connectivity index (χ0v) is 7.57. The molecule has 9 heteroatoms.